The summed E-state index contributed by atoms with van der Waals surface area (Å²) in [6.07, 6.45) is 0.458. The predicted molar refractivity (Wildman–Crippen MR) is 62.4 cm³/mol. The van der Waals surface area contributed by atoms with Crippen LogP contribution >= 0.6 is 0 Å². The van der Waals surface area contributed by atoms with Gasteiger partial charge in [0.05, 0.1) is 19.8 Å². The van der Waals surface area contributed by atoms with Crippen LogP contribution in [0, 0.1) is 0 Å². The third-order valence-corrected chi connectivity index (χ3v) is 2.31. The maximum atomic E-state index is 11.8. The van der Waals surface area contributed by atoms with E-state index in [1.165, 1.54) is 0 Å². The van der Waals surface area contributed by atoms with E-state index in [0.29, 0.717) is 30.0 Å². The molecule has 0 aliphatic rings. The molecule has 0 spiro atoms. The van der Waals surface area contributed by atoms with Crippen molar-refractivity contribution in [2.24, 2.45) is 0 Å². The van der Waals surface area contributed by atoms with Crippen molar-refractivity contribution in [2.75, 3.05) is 27.8 Å². The summed E-state index contributed by atoms with van der Waals surface area (Å²) in [7, 11) is 4.94. The van der Waals surface area contributed by atoms with Crippen molar-refractivity contribution in [3.63, 3.8) is 0 Å². The van der Waals surface area contributed by atoms with Gasteiger partial charge in [-0.3, -0.25) is 4.79 Å². The molecular weight excluding hydrogens is 206 g/mol. The van der Waals surface area contributed by atoms with E-state index < -0.39 is 0 Å². The number of ether oxygens (including phenoxy) is 2. The molecule has 1 aromatic rings. The third kappa shape index (κ3) is 2.97. The van der Waals surface area contributed by atoms with E-state index in [4.69, 9.17) is 9.47 Å². The number of ketones is 1. The summed E-state index contributed by atoms with van der Waals surface area (Å²) in [5, 5.41) is 2.94. The fraction of sp³-hybridized carbons (Fsp3) is 0.417. The molecule has 4 nitrogen and oxygen atoms in total. The summed E-state index contributed by atoms with van der Waals surface area (Å²) in [6.45, 7) is 0.661. The second-order valence-electron chi connectivity index (χ2n) is 3.34. The first-order valence-corrected chi connectivity index (χ1v) is 5.12. The molecule has 0 saturated heterocycles. The standard InChI is InChI=1S/C12H17NO3/c1-13-7-6-11(14)10-5-4-9(15-2)8-12(10)16-3/h4-5,8,13H,6-7H2,1-3H3. The number of hydrogen-bond acceptors (Lipinski definition) is 4. The van der Waals surface area contributed by atoms with Crippen LogP contribution in [0.3, 0.4) is 0 Å². The Morgan fingerprint density at radius 2 is 2.06 bits per heavy atom. The van der Waals surface area contributed by atoms with Crippen LogP contribution in [0.15, 0.2) is 18.2 Å². The van der Waals surface area contributed by atoms with Crippen LogP contribution in [0.25, 0.3) is 0 Å². The van der Waals surface area contributed by atoms with E-state index >= 15 is 0 Å². The monoisotopic (exact) mass is 223 g/mol. The molecule has 0 aliphatic heterocycles. The molecule has 0 bridgehead atoms. The van der Waals surface area contributed by atoms with Gasteiger partial charge in [-0.25, -0.2) is 0 Å². The summed E-state index contributed by atoms with van der Waals surface area (Å²) in [5.41, 5.74) is 0.596. The third-order valence-electron chi connectivity index (χ3n) is 2.31. The van der Waals surface area contributed by atoms with Gasteiger partial charge in [0.15, 0.2) is 5.78 Å². The van der Waals surface area contributed by atoms with Crippen LogP contribution in [0.1, 0.15) is 16.8 Å². The zero-order valence-corrected chi connectivity index (χ0v) is 9.87. The fourth-order valence-electron chi connectivity index (χ4n) is 1.40. The molecule has 1 aromatic carbocycles. The number of carbonyl (C=O) groups is 1. The van der Waals surface area contributed by atoms with Gasteiger partial charge in [-0.15, -0.1) is 0 Å². The second-order valence-corrected chi connectivity index (χ2v) is 3.34. The van der Waals surface area contributed by atoms with Crippen molar-refractivity contribution < 1.29 is 14.3 Å². The zero-order valence-electron chi connectivity index (χ0n) is 9.87. The zero-order chi connectivity index (χ0) is 12.0. The molecule has 0 fully saturated rings. The molecule has 0 atom stereocenters. The van der Waals surface area contributed by atoms with Crippen LogP contribution in [-0.4, -0.2) is 33.6 Å². The summed E-state index contributed by atoms with van der Waals surface area (Å²) < 4.78 is 10.2. The Balaban J connectivity index is 2.90. The highest BCUT2D eigenvalue weighted by atomic mass is 16.5. The van der Waals surface area contributed by atoms with E-state index in [1.54, 1.807) is 32.4 Å². The van der Waals surface area contributed by atoms with Gasteiger partial charge in [0.2, 0.25) is 0 Å². The van der Waals surface area contributed by atoms with Crippen molar-refractivity contribution in [3.05, 3.63) is 23.8 Å². The molecule has 1 rings (SSSR count). The number of methoxy groups -OCH3 is 2. The van der Waals surface area contributed by atoms with E-state index in [2.05, 4.69) is 5.32 Å². The van der Waals surface area contributed by atoms with Crippen molar-refractivity contribution in [1.29, 1.82) is 0 Å². The number of hydrogen-bond donors (Lipinski definition) is 1. The maximum absolute atomic E-state index is 11.8. The SMILES string of the molecule is CNCCC(=O)c1ccc(OC)cc1OC. The van der Waals surface area contributed by atoms with Gasteiger partial charge < -0.3 is 14.8 Å². The highest BCUT2D eigenvalue weighted by molar-refractivity contribution is 5.99. The molecule has 0 aliphatic carbocycles. The minimum Gasteiger partial charge on any atom is -0.497 e. The van der Waals surface area contributed by atoms with Crippen LogP contribution in [0.2, 0.25) is 0 Å². The first-order chi connectivity index (χ1) is 7.72. The van der Waals surface area contributed by atoms with Gasteiger partial charge >= 0.3 is 0 Å². The summed E-state index contributed by atoms with van der Waals surface area (Å²) in [6, 6.07) is 5.21. The Kier molecular flexibility index (Phi) is 4.79. The van der Waals surface area contributed by atoms with Crippen LogP contribution in [0.4, 0.5) is 0 Å². The normalized spacial score (nSPS) is 9.94. The van der Waals surface area contributed by atoms with Gasteiger partial charge in [-0.2, -0.15) is 0 Å². The van der Waals surface area contributed by atoms with Gasteiger partial charge in [0.25, 0.3) is 0 Å². The lowest BCUT2D eigenvalue weighted by Crippen LogP contribution is -2.13. The largest absolute Gasteiger partial charge is 0.497 e. The van der Waals surface area contributed by atoms with Crippen LogP contribution in [0.5, 0.6) is 11.5 Å². The Hall–Kier alpha value is -1.55. The lowest BCUT2D eigenvalue weighted by molar-refractivity contribution is 0.0980. The van der Waals surface area contributed by atoms with Gasteiger partial charge in [0.1, 0.15) is 11.5 Å². The Morgan fingerprint density at radius 1 is 1.31 bits per heavy atom. The molecule has 0 heterocycles. The average molecular weight is 223 g/mol. The molecule has 0 radical (unpaired) electrons. The molecule has 88 valence electrons. The molecule has 0 aromatic heterocycles. The predicted octanol–water partition coefficient (Wildman–Crippen LogP) is 1.50. The number of nitrogens with one attached hydrogen (secondary N) is 1. The lowest BCUT2D eigenvalue weighted by Gasteiger charge is -2.09. The van der Waals surface area contributed by atoms with Crippen molar-refractivity contribution >= 4 is 5.78 Å². The molecule has 0 unspecified atom stereocenters. The molecule has 1 N–H and O–H groups in total. The second kappa shape index (κ2) is 6.12. The number of benzene rings is 1. The summed E-state index contributed by atoms with van der Waals surface area (Å²) in [5.74, 6) is 1.30. The minimum absolute atomic E-state index is 0.0638. The summed E-state index contributed by atoms with van der Waals surface area (Å²) in [4.78, 5) is 11.8. The number of carbonyl (C=O) groups excluding carboxylic acids is 1. The van der Waals surface area contributed by atoms with Crippen LogP contribution in [-0.2, 0) is 0 Å². The topological polar surface area (TPSA) is 47.6 Å². The quantitative estimate of drug-likeness (QED) is 0.742. The Bertz CT molecular complexity index is 363. The highest BCUT2D eigenvalue weighted by Crippen LogP contribution is 2.25. The van der Waals surface area contributed by atoms with Crippen molar-refractivity contribution in [2.45, 2.75) is 6.42 Å². The van der Waals surface area contributed by atoms with E-state index in [9.17, 15) is 4.79 Å². The molecule has 0 saturated carbocycles. The van der Waals surface area contributed by atoms with Gasteiger partial charge in [-0.05, 0) is 19.2 Å². The van der Waals surface area contributed by atoms with Gasteiger partial charge in [0, 0.05) is 19.0 Å². The van der Waals surface area contributed by atoms with Crippen LogP contribution < -0.4 is 14.8 Å². The average Bonchev–Trinajstić information content (AvgIpc) is 2.34. The van der Waals surface area contributed by atoms with Crippen molar-refractivity contribution in [3.8, 4) is 11.5 Å². The summed E-state index contributed by atoms with van der Waals surface area (Å²) >= 11 is 0. The van der Waals surface area contributed by atoms with Gasteiger partial charge in [-0.1, -0.05) is 0 Å². The lowest BCUT2D eigenvalue weighted by atomic mass is 10.1. The first-order valence-electron chi connectivity index (χ1n) is 5.12. The highest BCUT2D eigenvalue weighted by Gasteiger charge is 2.12. The smallest absolute Gasteiger partial charge is 0.167 e. The van der Waals surface area contributed by atoms with E-state index in [-0.39, 0.29) is 5.78 Å². The molecule has 4 heteroatoms. The number of Topliss-reactive ketones (excluding diaryl/α,β-unsaturated/α-hetero) is 1. The number of rotatable bonds is 6. The first kappa shape index (κ1) is 12.5. The fourth-order valence-corrected chi connectivity index (χ4v) is 1.40. The van der Waals surface area contributed by atoms with Crippen molar-refractivity contribution in [1.82, 2.24) is 5.32 Å². The molecular formula is C12H17NO3. The maximum Gasteiger partial charge on any atom is 0.167 e. The van der Waals surface area contributed by atoms with E-state index in [0.717, 1.165) is 0 Å². The Morgan fingerprint density at radius 3 is 2.62 bits per heavy atom. The van der Waals surface area contributed by atoms with E-state index in [1.807, 2.05) is 7.05 Å². The molecule has 0 amide bonds. The Labute approximate surface area is 95.6 Å². The minimum atomic E-state index is 0.0638. The molecule has 16 heavy (non-hydrogen) atoms.